The lowest BCUT2D eigenvalue weighted by Gasteiger charge is -2.18. The van der Waals surface area contributed by atoms with Gasteiger partial charge in [0, 0.05) is 19.0 Å². The van der Waals surface area contributed by atoms with E-state index in [1.165, 1.54) is 4.31 Å². The smallest absolute Gasteiger partial charge is 0.212 e. The van der Waals surface area contributed by atoms with Crippen LogP contribution in [-0.2, 0) is 10.0 Å². The van der Waals surface area contributed by atoms with Crippen molar-refractivity contribution in [2.45, 2.75) is 25.8 Å². The number of rotatable bonds is 5. The molecule has 1 rings (SSSR count). The first-order chi connectivity index (χ1) is 5.97. The van der Waals surface area contributed by atoms with Gasteiger partial charge in [-0.1, -0.05) is 6.92 Å². The summed E-state index contributed by atoms with van der Waals surface area (Å²) in [6.45, 7) is 1.85. The molecule has 0 N–H and O–H groups in total. The van der Waals surface area contributed by atoms with E-state index >= 15 is 0 Å². The van der Waals surface area contributed by atoms with Crippen LogP contribution in [0, 0.1) is 5.92 Å². The first-order valence-corrected chi connectivity index (χ1v) is 6.63. The molecule has 0 radical (unpaired) electrons. The average molecular weight is 226 g/mol. The highest BCUT2D eigenvalue weighted by atomic mass is 35.5. The molecule has 1 atom stereocenters. The number of nitrogens with zero attached hydrogens (tertiary/aromatic N) is 1. The van der Waals surface area contributed by atoms with Crippen LogP contribution in [0.25, 0.3) is 0 Å². The summed E-state index contributed by atoms with van der Waals surface area (Å²) in [5.74, 6) is 0.606. The van der Waals surface area contributed by atoms with Crippen molar-refractivity contribution in [3.63, 3.8) is 0 Å². The molecular weight excluding hydrogens is 210 g/mol. The van der Waals surface area contributed by atoms with E-state index in [1.807, 2.05) is 6.92 Å². The number of sulfonamides is 1. The van der Waals surface area contributed by atoms with Crippen molar-refractivity contribution in [3.05, 3.63) is 0 Å². The van der Waals surface area contributed by atoms with Crippen LogP contribution in [0.2, 0.25) is 0 Å². The van der Waals surface area contributed by atoms with E-state index in [9.17, 15) is 8.42 Å². The van der Waals surface area contributed by atoms with E-state index < -0.39 is 10.0 Å². The summed E-state index contributed by atoms with van der Waals surface area (Å²) in [7, 11) is -1.40. The van der Waals surface area contributed by atoms with Crippen molar-refractivity contribution in [1.82, 2.24) is 4.31 Å². The molecule has 78 valence electrons. The molecule has 0 aromatic carbocycles. The molecular formula is C8H16ClNO2S. The molecule has 1 unspecified atom stereocenters. The maximum Gasteiger partial charge on any atom is 0.214 e. The molecule has 0 saturated heterocycles. The van der Waals surface area contributed by atoms with Gasteiger partial charge >= 0.3 is 0 Å². The van der Waals surface area contributed by atoms with Gasteiger partial charge in [-0.3, -0.25) is 0 Å². The molecule has 5 heteroatoms. The van der Waals surface area contributed by atoms with Gasteiger partial charge in [0.05, 0.1) is 5.75 Å². The second-order valence-corrected chi connectivity index (χ2v) is 6.17. The fourth-order valence-corrected chi connectivity index (χ4v) is 3.16. The van der Waals surface area contributed by atoms with Gasteiger partial charge in [0.1, 0.15) is 0 Å². The van der Waals surface area contributed by atoms with E-state index in [-0.39, 0.29) is 17.7 Å². The number of alkyl halides is 1. The largest absolute Gasteiger partial charge is 0.214 e. The van der Waals surface area contributed by atoms with Gasteiger partial charge in [-0.05, 0) is 18.8 Å². The predicted octanol–water partition coefficient (Wildman–Crippen LogP) is 1.29. The second-order valence-electron chi connectivity index (χ2n) is 3.79. The Morgan fingerprint density at radius 3 is 2.46 bits per heavy atom. The highest BCUT2D eigenvalue weighted by molar-refractivity contribution is 7.89. The molecule has 0 heterocycles. The number of halogens is 1. The van der Waals surface area contributed by atoms with Gasteiger partial charge in [0.25, 0.3) is 0 Å². The van der Waals surface area contributed by atoms with Crippen molar-refractivity contribution in [2.75, 3.05) is 18.7 Å². The lowest BCUT2D eigenvalue weighted by molar-refractivity contribution is 0.458. The van der Waals surface area contributed by atoms with Crippen LogP contribution in [0.4, 0.5) is 0 Å². The van der Waals surface area contributed by atoms with Crippen molar-refractivity contribution < 1.29 is 8.42 Å². The van der Waals surface area contributed by atoms with Gasteiger partial charge in [-0.2, -0.15) is 0 Å². The lowest BCUT2D eigenvalue weighted by atomic mass is 10.3. The molecule has 1 saturated carbocycles. The van der Waals surface area contributed by atoms with Crippen molar-refractivity contribution in [2.24, 2.45) is 5.92 Å². The lowest BCUT2D eigenvalue weighted by Crippen LogP contribution is -2.33. The molecule has 0 bridgehead atoms. The van der Waals surface area contributed by atoms with Crippen molar-refractivity contribution in [1.29, 1.82) is 0 Å². The molecule has 0 aliphatic heterocycles. The minimum Gasteiger partial charge on any atom is -0.212 e. The van der Waals surface area contributed by atoms with Gasteiger partial charge in [-0.15, -0.1) is 11.6 Å². The van der Waals surface area contributed by atoms with Crippen LogP contribution in [-0.4, -0.2) is 37.4 Å². The first-order valence-electron chi connectivity index (χ1n) is 4.49. The minimum atomic E-state index is -3.06. The molecule has 0 aromatic rings. The molecule has 1 aliphatic rings. The Kier molecular flexibility index (Phi) is 3.60. The molecule has 0 aromatic heterocycles. The zero-order valence-corrected chi connectivity index (χ0v) is 9.61. The Morgan fingerprint density at radius 2 is 2.08 bits per heavy atom. The van der Waals surface area contributed by atoms with E-state index in [2.05, 4.69) is 0 Å². The summed E-state index contributed by atoms with van der Waals surface area (Å²) in [6.07, 6.45) is 2.01. The van der Waals surface area contributed by atoms with Crippen LogP contribution in [0.15, 0.2) is 0 Å². The molecule has 13 heavy (non-hydrogen) atoms. The highest BCUT2D eigenvalue weighted by Crippen LogP contribution is 2.28. The fourth-order valence-electron chi connectivity index (χ4n) is 1.19. The molecule has 0 spiro atoms. The fraction of sp³-hybridized carbons (Fsp3) is 1.00. The Balaban J connectivity index is 2.54. The van der Waals surface area contributed by atoms with Crippen LogP contribution in [0.3, 0.4) is 0 Å². The summed E-state index contributed by atoms with van der Waals surface area (Å²) in [5, 5.41) is 0. The average Bonchev–Trinajstić information content (AvgIpc) is 2.84. The zero-order valence-electron chi connectivity index (χ0n) is 8.03. The Bertz CT molecular complexity index is 261. The minimum absolute atomic E-state index is 0.0351. The summed E-state index contributed by atoms with van der Waals surface area (Å²) >= 11 is 5.57. The van der Waals surface area contributed by atoms with E-state index in [4.69, 9.17) is 11.6 Å². The van der Waals surface area contributed by atoms with Crippen LogP contribution in [0.1, 0.15) is 19.8 Å². The summed E-state index contributed by atoms with van der Waals surface area (Å²) in [6, 6.07) is 0.257. The van der Waals surface area contributed by atoms with Gasteiger partial charge in [0.15, 0.2) is 0 Å². The Morgan fingerprint density at radius 1 is 1.54 bits per heavy atom. The maximum atomic E-state index is 11.6. The summed E-state index contributed by atoms with van der Waals surface area (Å²) in [4.78, 5) is 0. The van der Waals surface area contributed by atoms with Crippen LogP contribution < -0.4 is 0 Å². The first kappa shape index (κ1) is 11.3. The highest BCUT2D eigenvalue weighted by Gasteiger charge is 2.34. The molecule has 1 aliphatic carbocycles. The monoisotopic (exact) mass is 225 g/mol. The Labute approximate surface area is 85.1 Å². The van der Waals surface area contributed by atoms with Crippen LogP contribution >= 0.6 is 11.6 Å². The van der Waals surface area contributed by atoms with E-state index in [0.717, 1.165) is 12.8 Å². The van der Waals surface area contributed by atoms with Crippen molar-refractivity contribution >= 4 is 21.6 Å². The topological polar surface area (TPSA) is 37.4 Å². The van der Waals surface area contributed by atoms with E-state index in [0.29, 0.717) is 5.88 Å². The molecule has 0 amide bonds. The summed E-state index contributed by atoms with van der Waals surface area (Å²) < 4.78 is 24.8. The maximum absolute atomic E-state index is 11.6. The summed E-state index contributed by atoms with van der Waals surface area (Å²) in [5.41, 5.74) is 0. The zero-order chi connectivity index (χ0) is 10.1. The predicted molar refractivity (Wildman–Crippen MR) is 54.5 cm³/mol. The van der Waals surface area contributed by atoms with Gasteiger partial charge in [0.2, 0.25) is 10.0 Å². The van der Waals surface area contributed by atoms with Gasteiger partial charge in [-0.25, -0.2) is 12.7 Å². The Hall–Kier alpha value is 0.200. The number of hydrogen-bond donors (Lipinski definition) is 0. The molecule has 1 fully saturated rings. The van der Waals surface area contributed by atoms with Crippen molar-refractivity contribution in [3.8, 4) is 0 Å². The number of hydrogen-bond acceptors (Lipinski definition) is 2. The third kappa shape index (κ3) is 3.11. The molecule has 3 nitrogen and oxygen atoms in total. The van der Waals surface area contributed by atoms with Crippen LogP contribution in [0.5, 0.6) is 0 Å². The standard InChI is InChI=1S/C8H16ClNO2S/c1-7(5-9)6-13(11,12)10(2)8-3-4-8/h7-8H,3-6H2,1-2H3. The van der Waals surface area contributed by atoms with E-state index in [1.54, 1.807) is 7.05 Å². The quantitative estimate of drug-likeness (QED) is 0.662. The van der Waals surface area contributed by atoms with Gasteiger partial charge < -0.3 is 0 Å². The second kappa shape index (κ2) is 4.15. The third-order valence-corrected chi connectivity index (χ3v) is 4.95. The SMILES string of the molecule is CC(CCl)CS(=O)(=O)N(C)C1CC1. The third-order valence-electron chi connectivity index (χ3n) is 2.26. The normalized spacial score (nSPS) is 20.6.